The highest BCUT2D eigenvalue weighted by Gasteiger charge is 2.05. The molecule has 2 N–H and O–H groups in total. The molecule has 24 heavy (non-hydrogen) atoms. The molecule has 0 atom stereocenters. The summed E-state index contributed by atoms with van der Waals surface area (Å²) in [5.41, 5.74) is 3.58. The second kappa shape index (κ2) is 11.3. The third kappa shape index (κ3) is 6.68. The van der Waals surface area contributed by atoms with E-state index in [1.807, 2.05) is 6.92 Å². The van der Waals surface area contributed by atoms with Crippen molar-refractivity contribution in [1.82, 2.24) is 10.6 Å². The summed E-state index contributed by atoms with van der Waals surface area (Å²) in [7, 11) is 0. The molecule has 0 fully saturated rings. The van der Waals surface area contributed by atoms with Crippen molar-refractivity contribution in [3.8, 4) is 5.75 Å². The lowest BCUT2D eigenvalue weighted by atomic mass is 10.1. The van der Waals surface area contributed by atoms with Gasteiger partial charge in [0.25, 0.3) is 0 Å². The normalized spacial score (nSPS) is 10.9. The highest BCUT2D eigenvalue weighted by molar-refractivity contribution is 14.0. The molecular formula is C18H26IN3OS. The summed E-state index contributed by atoms with van der Waals surface area (Å²) < 4.78 is 5.73. The minimum absolute atomic E-state index is 0. The fourth-order valence-electron chi connectivity index (χ4n) is 2.17. The van der Waals surface area contributed by atoms with Crippen LogP contribution in [-0.4, -0.2) is 19.1 Å². The van der Waals surface area contributed by atoms with E-state index < -0.39 is 0 Å². The van der Waals surface area contributed by atoms with Crippen LogP contribution in [-0.2, 0) is 13.1 Å². The molecule has 2 aromatic rings. The fourth-order valence-corrected chi connectivity index (χ4v) is 2.83. The van der Waals surface area contributed by atoms with E-state index in [1.54, 1.807) is 11.3 Å². The Bertz CT molecular complexity index is 629. The van der Waals surface area contributed by atoms with Crippen LogP contribution >= 0.6 is 35.3 Å². The number of aryl methyl sites for hydroxylation is 1. The second-order valence-corrected chi connectivity index (χ2v) is 6.00. The first-order valence-electron chi connectivity index (χ1n) is 7.98. The first kappa shape index (κ1) is 20.8. The number of ether oxygens (including phenoxy) is 1. The number of guanidine groups is 1. The number of nitrogens with zero attached hydrogens (tertiary/aromatic N) is 1. The van der Waals surface area contributed by atoms with Crippen LogP contribution in [0.1, 0.15) is 30.5 Å². The van der Waals surface area contributed by atoms with Gasteiger partial charge in [0.05, 0.1) is 13.2 Å². The number of halogens is 1. The maximum atomic E-state index is 5.73. The van der Waals surface area contributed by atoms with Crippen molar-refractivity contribution in [2.75, 3.05) is 13.2 Å². The van der Waals surface area contributed by atoms with Crippen molar-refractivity contribution in [2.45, 2.75) is 33.9 Å². The topological polar surface area (TPSA) is 45.7 Å². The van der Waals surface area contributed by atoms with Gasteiger partial charge >= 0.3 is 0 Å². The summed E-state index contributed by atoms with van der Waals surface area (Å²) in [6, 6.07) is 8.39. The number of aliphatic imine (C=N–C) groups is 1. The van der Waals surface area contributed by atoms with E-state index in [4.69, 9.17) is 4.74 Å². The van der Waals surface area contributed by atoms with Crippen LogP contribution in [0.4, 0.5) is 0 Å². The molecular weight excluding hydrogens is 433 g/mol. The Morgan fingerprint density at radius 3 is 2.71 bits per heavy atom. The average Bonchev–Trinajstić information content (AvgIpc) is 3.05. The van der Waals surface area contributed by atoms with Crippen LogP contribution in [0.2, 0.25) is 0 Å². The van der Waals surface area contributed by atoms with Gasteiger partial charge in [-0.2, -0.15) is 11.3 Å². The molecule has 132 valence electrons. The Labute approximate surface area is 165 Å². The summed E-state index contributed by atoms with van der Waals surface area (Å²) in [5.74, 6) is 1.76. The standard InChI is InChI=1S/C18H25N3OS.HI/c1-4-19-18(20-11-15-8-9-23-13-15)21-12-16-7-6-14(3)10-17(16)22-5-2;/h6-10,13H,4-5,11-12H2,1-3H3,(H2,19,20,21);1H. The molecule has 0 aliphatic carbocycles. The number of rotatable bonds is 7. The van der Waals surface area contributed by atoms with Crippen LogP contribution in [0, 0.1) is 6.92 Å². The van der Waals surface area contributed by atoms with Gasteiger partial charge in [-0.05, 0) is 54.8 Å². The Balaban J connectivity index is 0.00000288. The zero-order valence-corrected chi connectivity index (χ0v) is 17.6. The minimum atomic E-state index is 0. The summed E-state index contributed by atoms with van der Waals surface area (Å²) in [4.78, 5) is 4.62. The van der Waals surface area contributed by atoms with Crippen molar-refractivity contribution in [3.05, 3.63) is 51.7 Å². The quantitative estimate of drug-likeness (QED) is 0.368. The molecule has 1 heterocycles. The molecule has 2 rings (SSSR count). The van der Waals surface area contributed by atoms with Crippen molar-refractivity contribution >= 4 is 41.3 Å². The Kier molecular flexibility index (Phi) is 9.78. The molecule has 0 spiro atoms. The fraction of sp³-hybridized carbons (Fsp3) is 0.389. The average molecular weight is 459 g/mol. The Hall–Kier alpha value is -1.28. The van der Waals surface area contributed by atoms with E-state index in [9.17, 15) is 0 Å². The van der Waals surface area contributed by atoms with Gasteiger partial charge < -0.3 is 15.4 Å². The lowest BCUT2D eigenvalue weighted by Gasteiger charge is -2.14. The monoisotopic (exact) mass is 459 g/mol. The van der Waals surface area contributed by atoms with Gasteiger partial charge in [-0.15, -0.1) is 24.0 Å². The summed E-state index contributed by atoms with van der Waals surface area (Å²) in [6.07, 6.45) is 0. The molecule has 0 bridgehead atoms. The van der Waals surface area contributed by atoms with E-state index in [0.717, 1.165) is 23.8 Å². The number of nitrogens with one attached hydrogen (secondary N) is 2. The highest BCUT2D eigenvalue weighted by atomic mass is 127. The van der Waals surface area contributed by atoms with Gasteiger partial charge in [0, 0.05) is 18.7 Å². The lowest BCUT2D eigenvalue weighted by Crippen LogP contribution is -2.36. The van der Waals surface area contributed by atoms with Gasteiger partial charge in [-0.25, -0.2) is 4.99 Å². The van der Waals surface area contributed by atoms with Crippen molar-refractivity contribution < 1.29 is 4.74 Å². The lowest BCUT2D eigenvalue weighted by molar-refractivity contribution is 0.336. The number of hydrogen-bond donors (Lipinski definition) is 2. The molecule has 0 unspecified atom stereocenters. The highest BCUT2D eigenvalue weighted by Crippen LogP contribution is 2.20. The van der Waals surface area contributed by atoms with E-state index in [0.29, 0.717) is 19.7 Å². The van der Waals surface area contributed by atoms with Crippen molar-refractivity contribution in [2.24, 2.45) is 4.99 Å². The smallest absolute Gasteiger partial charge is 0.191 e. The first-order valence-corrected chi connectivity index (χ1v) is 8.92. The largest absolute Gasteiger partial charge is 0.494 e. The van der Waals surface area contributed by atoms with Gasteiger partial charge in [0.2, 0.25) is 0 Å². The van der Waals surface area contributed by atoms with Crippen molar-refractivity contribution in [3.63, 3.8) is 0 Å². The number of hydrogen-bond acceptors (Lipinski definition) is 3. The van der Waals surface area contributed by atoms with Crippen LogP contribution < -0.4 is 15.4 Å². The SMILES string of the molecule is CCNC(=NCc1ccsc1)NCc1ccc(C)cc1OCC.I. The minimum Gasteiger partial charge on any atom is -0.494 e. The van der Waals surface area contributed by atoms with Crippen LogP contribution in [0.15, 0.2) is 40.0 Å². The van der Waals surface area contributed by atoms with E-state index in [-0.39, 0.29) is 24.0 Å². The molecule has 1 aromatic carbocycles. The Morgan fingerprint density at radius 2 is 2.04 bits per heavy atom. The molecule has 0 aliphatic heterocycles. The van der Waals surface area contributed by atoms with Crippen LogP contribution in [0.25, 0.3) is 0 Å². The van der Waals surface area contributed by atoms with Crippen LogP contribution in [0.3, 0.4) is 0 Å². The number of thiophene rings is 1. The zero-order chi connectivity index (χ0) is 16.5. The predicted octanol–water partition coefficient (Wildman–Crippen LogP) is 4.33. The van der Waals surface area contributed by atoms with Crippen LogP contribution in [0.5, 0.6) is 5.75 Å². The molecule has 0 aliphatic rings. The van der Waals surface area contributed by atoms with E-state index in [2.05, 4.69) is 64.5 Å². The molecule has 0 saturated heterocycles. The van der Waals surface area contributed by atoms with Gasteiger partial charge in [0.15, 0.2) is 5.96 Å². The second-order valence-electron chi connectivity index (χ2n) is 5.22. The Morgan fingerprint density at radius 1 is 1.21 bits per heavy atom. The molecule has 4 nitrogen and oxygen atoms in total. The van der Waals surface area contributed by atoms with E-state index in [1.165, 1.54) is 11.1 Å². The molecule has 6 heteroatoms. The van der Waals surface area contributed by atoms with Gasteiger partial charge in [-0.3, -0.25) is 0 Å². The summed E-state index contributed by atoms with van der Waals surface area (Å²) in [5, 5.41) is 10.9. The number of benzene rings is 1. The third-order valence-electron chi connectivity index (χ3n) is 3.31. The molecule has 0 radical (unpaired) electrons. The third-order valence-corrected chi connectivity index (χ3v) is 4.04. The molecule has 1 aromatic heterocycles. The van der Waals surface area contributed by atoms with Gasteiger partial charge in [-0.1, -0.05) is 12.1 Å². The maximum absolute atomic E-state index is 5.73. The molecule has 0 saturated carbocycles. The maximum Gasteiger partial charge on any atom is 0.191 e. The summed E-state index contributed by atoms with van der Waals surface area (Å²) in [6.45, 7) is 9.03. The van der Waals surface area contributed by atoms with Crippen molar-refractivity contribution in [1.29, 1.82) is 0 Å². The van der Waals surface area contributed by atoms with E-state index >= 15 is 0 Å². The zero-order valence-electron chi connectivity index (χ0n) is 14.5. The summed E-state index contributed by atoms with van der Waals surface area (Å²) >= 11 is 1.70. The predicted molar refractivity (Wildman–Crippen MR) is 114 cm³/mol. The molecule has 0 amide bonds. The first-order chi connectivity index (χ1) is 11.2. The van der Waals surface area contributed by atoms with Gasteiger partial charge in [0.1, 0.15) is 5.75 Å².